The summed E-state index contributed by atoms with van der Waals surface area (Å²) >= 11 is 0. The van der Waals surface area contributed by atoms with Gasteiger partial charge in [-0.2, -0.15) is 0 Å². The Kier molecular flexibility index (Phi) is 2.96. The molecule has 0 saturated heterocycles. The monoisotopic (exact) mass is 100 g/mol. The molecular weight excluding hydrogens is 92.1 g/mol. The van der Waals surface area contributed by atoms with Crippen LogP contribution in [0.15, 0.2) is 17.8 Å². The second-order valence-electron chi connectivity index (χ2n) is 0.961. The number of aliphatic hydroxyl groups is 1. The third kappa shape index (κ3) is 2.99. The van der Waals surface area contributed by atoms with E-state index in [2.05, 4.69) is 11.6 Å². The zero-order chi connectivity index (χ0) is 5.70. The van der Waals surface area contributed by atoms with Gasteiger partial charge in [0, 0.05) is 6.20 Å². The lowest BCUT2D eigenvalue weighted by Gasteiger charge is -1.85. The normalized spacial score (nSPS) is 11.3. The number of hydrogen-bond acceptors (Lipinski definition) is 2. The van der Waals surface area contributed by atoms with Gasteiger partial charge >= 0.3 is 0 Å². The maximum absolute atomic E-state index is 8.16. The van der Waals surface area contributed by atoms with Gasteiger partial charge < -0.3 is 10.8 Å². The number of aliphatic imine (C=N–C) groups is 1. The molecule has 3 N–H and O–H groups in total. The number of nitrogens with two attached hydrogens (primary N) is 1. The molecule has 0 saturated carbocycles. The summed E-state index contributed by atoms with van der Waals surface area (Å²) in [5.41, 5.74) is 5.01. The van der Waals surface area contributed by atoms with Crippen LogP contribution in [0.1, 0.15) is 0 Å². The van der Waals surface area contributed by atoms with E-state index < -0.39 is 0 Å². The zero-order valence-corrected chi connectivity index (χ0v) is 3.96. The summed E-state index contributed by atoms with van der Waals surface area (Å²) in [7, 11) is 0. The van der Waals surface area contributed by atoms with E-state index in [1.165, 1.54) is 6.20 Å². The summed E-state index contributed by atoms with van der Waals surface area (Å²) in [5.74, 6) is 0.190. The Morgan fingerprint density at radius 1 is 2.00 bits per heavy atom. The Labute approximate surface area is 42.2 Å². The minimum absolute atomic E-state index is 0.190. The van der Waals surface area contributed by atoms with Crippen molar-refractivity contribution >= 4 is 5.84 Å². The number of amidine groups is 1. The second kappa shape index (κ2) is 3.36. The Morgan fingerprint density at radius 2 is 2.57 bits per heavy atom. The Morgan fingerprint density at radius 3 is 2.71 bits per heavy atom. The fourth-order valence-electron chi connectivity index (χ4n) is 0.158. The van der Waals surface area contributed by atoms with Crippen molar-refractivity contribution in [3.63, 3.8) is 0 Å². The van der Waals surface area contributed by atoms with Crippen molar-refractivity contribution in [2.24, 2.45) is 10.7 Å². The molecule has 0 rings (SSSR count). The fraction of sp³-hybridized carbons (Fsp3) is 0.250. The van der Waals surface area contributed by atoms with E-state index in [1.807, 2.05) is 0 Å². The molecule has 40 valence electrons. The van der Waals surface area contributed by atoms with E-state index in [9.17, 15) is 0 Å². The molecule has 0 radical (unpaired) electrons. The lowest BCUT2D eigenvalue weighted by atomic mass is 10.7. The first kappa shape index (κ1) is 6.17. The van der Waals surface area contributed by atoms with Gasteiger partial charge in [0.15, 0.2) is 0 Å². The molecule has 0 aromatic heterocycles. The molecule has 0 amide bonds. The minimum Gasteiger partial charge on any atom is -0.388 e. The molecule has 0 aliphatic carbocycles. The molecule has 0 fully saturated rings. The van der Waals surface area contributed by atoms with Crippen LogP contribution in [0, 0.1) is 0 Å². The van der Waals surface area contributed by atoms with Gasteiger partial charge in [-0.25, -0.2) is 4.99 Å². The molecule has 0 spiro atoms. The molecule has 0 unspecified atom stereocenters. The topological polar surface area (TPSA) is 58.6 Å². The summed E-state index contributed by atoms with van der Waals surface area (Å²) < 4.78 is 0. The lowest BCUT2D eigenvalue weighted by molar-refractivity contribution is 0.356. The van der Waals surface area contributed by atoms with E-state index in [1.54, 1.807) is 0 Å². The highest BCUT2D eigenvalue weighted by Crippen LogP contribution is 1.66. The molecule has 0 aliphatic rings. The molecule has 3 nitrogen and oxygen atoms in total. The van der Waals surface area contributed by atoms with Gasteiger partial charge in [0.25, 0.3) is 0 Å². The number of hydrogen-bond donors (Lipinski definition) is 2. The molecule has 0 aromatic carbocycles. The predicted molar refractivity (Wildman–Crippen MR) is 28.9 cm³/mol. The molecule has 7 heavy (non-hydrogen) atoms. The van der Waals surface area contributed by atoms with Gasteiger partial charge in [-0.1, -0.05) is 6.58 Å². The van der Waals surface area contributed by atoms with Gasteiger partial charge in [0.05, 0.1) is 0 Å². The third-order valence-electron chi connectivity index (χ3n) is 0.419. The summed E-state index contributed by atoms with van der Waals surface area (Å²) in [6.07, 6.45) is 1.28. The highest BCUT2D eigenvalue weighted by Gasteiger charge is 1.78. The van der Waals surface area contributed by atoms with Crippen molar-refractivity contribution < 1.29 is 5.11 Å². The molecular formula is C4H8N2O. The number of rotatable bonds is 2. The molecule has 0 heterocycles. The largest absolute Gasteiger partial charge is 0.388 e. The smallest absolute Gasteiger partial charge is 0.125 e. The summed E-state index contributed by atoms with van der Waals surface area (Å²) in [6.45, 7) is 3.07. The first-order chi connectivity index (χ1) is 3.31. The van der Waals surface area contributed by atoms with Crippen molar-refractivity contribution in [3.8, 4) is 0 Å². The van der Waals surface area contributed by atoms with Crippen LogP contribution in [0.3, 0.4) is 0 Å². The van der Waals surface area contributed by atoms with Crippen LogP contribution in [-0.4, -0.2) is 17.5 Å². The molecule has 3 heteroatoms. The van der Waals surface area contributed by atoms with Gasteiger partial charge in [-0.3, -0.25) is 0 Å². The van der Waals surface area contributed by atoms with Gasteiger partial charge in [0.2, 0.25) is 0 Å². The van der Waals surface area contributed by atoms with Crippen LogP contribution < -0.4 is 5.73 Å². The maximum atomic E-state index is 8.16. The van der Waals surface area contributed by atoms with E-state index in [0.717, 1.165) is 0 Å². The van der Waals surface area contributed by atoms with Crippen molar-refractivity contribution in [2.75, 3.05) is 6.61 Å². The van der Waals surface area contributed by atoms with Crippen LogP contribution in [-0.2, 0) is 0 Å². The van der Waals surface area contributed by atoms with E-state index in [-0.39, 0.29) is 12.4 Å². The summed E-state index contributed by atoms with van der Waals surface area (Å²) in [4.78, 5) is 3.45. The Balaban J connectivity index is 3.49. The van der Waals surface area contributed by atoms with Gasteiger partial charge in [0.1, 0.15) is 12.4 Å². The van der Waals surface area contributed by atoms with Crippen molar-refractivity contribution in [2.45, 2.75) is 0 Å². The first-order valence-electron chi connectivity index (χ1n) is 1.85. The molecule has 0 aromatic rings. The van der Waals surface area contributed by atoms with Crippen molar-refractivity contribution in [3.05, 3.63) is 12.8 Å². The SMILES string of the molecule is C=C/N=C(\N)CO. The molecule has 0 bridgehead atoms. The summed E-state index contributed by atoms with van der Waals surface area (Å²) in [5, 5.41) is 8.16. The fourth-order valence-corrected chi connectivity index (χ4v) is 0.158. The average Bonchev–Trinajstić information content (AvgIpc) is 1.68. The van der Waals surface area contributed by atoms with Crippen molar-refractivity contribution in [1.29, 1.82) is 0 Å². The van der Waals surface area contributed by atoms with Gasteiger partial charge in [-0.05, 0) is 0 Å². The second-order valence-corrected chi connectivity index (χ2v) is 0.961. The van der Waals surface area contributed by atoms with Crippen LogP contribution in [0.2, 0.25) is 0 Å². The van der Waals surface area contributed by atoms with Crippen LogP contribution >= 0.6 is 0 Å². The van der Waals surface area contributed by atoms with Crippen LogP contribution in [0.4, 0.5) is 0 Å². The minimum atomic E-state index is -0.202. The van der Waals surface area contributed by atoms with E-state index in [4.69, 9.17) is 10.8 Å². The highest BCUT2D eigenvalue weighted by atomic mass is 16.3. The maximum Gasteiger partial charge on any atom is 0.125 e. The van der Waals surface area contributed by atoms with Crippen LogP contribution in [0.25, 0.3) is 0 Å². The average molecular weight is 100 g/mol. The number of nitrogens with zero attached hydrogens (tertiary/aromatic N) is 1. The quantitative estimate of drug-likeness (QED) is 0.362. The lowest BCUT2D eigenvalue weighted by Crippen LogP contribution is -2.15. The van der Waals surface area contributed by atoms with E-state index in [0.29, 0.717) is 0 Å². The van der Waals surface area contributed by atoms with Crippen LogP contribution in [0.5, 0.6) is 0 Å². The number of aliphatic hydroxyl groups excluding tert-OH is 1. The van der Waals surface area contributed by atoms with Crippen molar-refractivity contribution in [1.82, 2.24) is 0 Å². The van der Waals surface area contributed by atoms with Gasteiger partial charge in [-0.15, -0.1) is 0 Å². The predicted octanol–water partition coefficient (Wildman–Crippen LogP) is -0.521. The Bertz CT molecular complexity index is 87.7. The first-order valence-corrected chi connectivity index (χ1v) is 1.85. The van der Waals surface area contributed by atoms with E-state index >= 15 is 0 Å². The summed E-state index contributed by atoms with van der Waals surface area (Å²) in [6, 6.07) is 0. The zero-order valence-electron chi connectivity index (χ0n) is 3.96. The standard InChI is InChI=1S/C4H8N2O/c1-2-6-4(5)3-7/h2,7H,1,3H2,(H2,5,6). The highest BCUT2D eigenvalue weighted by molar-refractivity contribution is 5.81. The molecule has 0 atom stereocenters. The Hall–Kier alpha value is -0.830. The molecule has 0 aliphatic heterocycles. The third-order valence-corrected chi connectivity index (χ3v) is 0.419.